The summed E-state index contributed by atoms with van der Waals surface area (Å²) in [5, 5.41) is 0. The average Bonchev–Trinajstić information content (AvgIpc) is 2.86. The van der Waals surface area contributed by atoms with Crippen molar-refractivity contribution in [2.45, 2.75) is 32.6 Å². The van der Waals surface area contributed by atoms with Gasteiger partial charge in [0.2, 0.25) is 0 Å². The smallest absolute Gasteiger partial charge is 0.146 e. The summed E-state index contributed by atoms with van der Waals surface area (Å²) >= 11 is 0. The van der Waals surface area contributed by atoms with Crippen LogP contribution in [-0.4, -0.2) is 38.6 Å². The van der Waals surface area contributed by atoms with Crippen LogP contribution >= 0.6 is 0 Å². The normalized spacial score (nSPS) is 15.5. The van der Waals surface area contributed by atoms with Crippen molar-refractivity contribution in [3.8, 4) is 0 Å². The molecule has 0 bridgehead atoms. The summed E-state index contributed by atoms with van der Waals surface area (Å²) in [5.41, 5.74) is 3.18. The Labute approximate surface area is 116 Å². The molecular formula is C16H25FN2. The lowest BCUT2D eigenvalue weighted by Crippen LogP contribution is -2.19. The molecule has 2 rings (SSSR count). The maximum absolute atomic E-state index is 14.2. The Kier molecular flexibility index (Phi) is 4.81. The largest absolute Gasteiger partial charge is 0.369 e. The number of rotatable bonds is 5. The lowest BCUT2D eigenvalue weighted by molar-refractivity contribution is 0.400. The second-order valence-electron chi connectivity index (χ2n) is 5.83. The second-order valence-corrected chi connectivity index (χ2v) is 5.83. The van der Waals surface area contributed by atoms with E-state index in [0.29, 0.717) is 0 Å². The van der Waals surface area contributed by atoms with Gasteiger partial charge in [0.1, 0.15) is 5.82 Å². The molecule has 1 aliphatic rings. The molecule has 0 N–H and O–H groups in total. The Balaban J connectivity index is 2.07. The minimum Gasteiger partial charge on any atom is -0.369 e. The van der Waals surface area contributed by atoms with Gasteiger partial charge >= 0.3 is 0 Å². The molecule has 2 nitrogen and oxygen atoms in total. The van der Waals surface area contributed by atoms with Crippen LogP contribution < -0.4 is 4.90 Å². The van der Waals surface area contributed by atoms with E-state index >= 15 is 0 Å². The zero-order chi connectivity index (χ0) is 13.8. The number of hydrogen-bond donors (Lipinski definition) is 0. The Morgan fingerprint density at radius 1 is 1.21 bits per heavy atom. The average molecular weight is 264 g/mol. The van der Waals surface area contributed by atoms with Crippen LogP contribution in [0, 0.1) is 12.7 Å². The first kappa shape index (κ1) is 14.3. The van der Waals surface area contributed by atoms with Gasteiger partial charge in [0.05, 0.1) is 5.69 Å². The van der Waals surface area contributed by atoms with E-state index in [1.54, 1.807) is 6.07 Å². The van der Waals surface area contributed by atoms with Gasteiger partial charge in [-0.3, -0.25) is 0 Å². The first-order chi connectivity index (χ1) is 9.08. The molecule has 0 atom stereocenters. The van der Waals surface area contributed by atoms with E-state index in [2.05, 4.69) is 30.8 Å². The maximum Gasteiger partial charge on any atom is 0.146 e. The third kappa shape index (κ3) is 3.69. The standard InChI is InChI=1S/C16H25FN2/c1-13-11-16(19-9-4-5-10-19)15(17)12-14(13)7-6-8-18(2)3/h11-12H,4-10H2,1-3H3. The maximum atomic E-state index is 14.2. The third-order valence-corrected chi connectivity index (χ3v) is 3.90. The third-order valence-electron chi connectivity index (χ3n) is 3.90. The zero-order valence-corrected chi connectivity index (χ0v) is 12.4. The lowest BCUT2D eigenvalue weighted by atomic mass is 10.0. The number of benzene rings is 1. The highest BCUT2D eigenvalue weighted by Gasteiger charge is 2.17. The van der Waals surface area contributed by atoms with Crippen LogP contribution in [0.3, 0.4) is 0 Å². The second kappa shape index (κ2) is 6.38. The van der Waals surface area contributed by atoms with E-state index in [9.17, 15) is 4.39 Å². The number of aryl methyl sites for hydroxylation is 2. The highest BCUT2D eigenvalue weighted by atomic mass is 19.1. The minimum atomic E-state index is -0.0487. The summed E-state index contributed by atoms with van der Waals surface area (Å²) in [6.07, 6.45) is 4.41. The highest BCUT2D eigenvalue weighted by molar-refractivity contribution is 5.52. The summed E-state index contributed by atoms with van der Waals surface area (Å²) < 4.78 is 14.2. The summed E-state index contributed by atoms with van der Waals surface area (Å²) in [5.74, 6) is -0.0487. The molecule has 19 heavy (non-hydrogen) atoms. The van der Waals surface area contributed by atoms with E-state index in [1.165, 1.54) is 18.4 Å². The van der Waals surface area contributed by atoms with E-state index < -0.39 is 0 Å². The van der Waals surface area contributed by atoms with Crippen molar-refractivity contribution >= 4 is 5.69 Å². The molecule has 3 heteroatoms. The van der Waals surface area contributed by atoms with Crippen LogP contribution in [0.1, 0.15) is 30.4 Å². The lowest BCUT2D eigenvalue weighted by Gasteiger charge is -2.20. The van der Waals surface area contributed by atoms with Crippen LogP contribution in [0.2, 0.25) is 0 Å². The molecule has 0 aliphatic carbocycles. The minimum absolute atomic E-state index is 0.0487. The molecule has 1 heterocycles. The first-order valence-electron chi connectivity index (χ1n) is 7.26. The quantitative estimate of drug-likeness (QED) is 0.805. The van der Waals surface area contributed by atoms with E-state index in [-0.39, 0.29) is 5.82 Å². The summed E-state index contributed by atoms with van der Waals surface area (Å²) in [6.45, 7) is 5.14. The van der Waals surface area contributed by atoms with Gasteiger partial charge in [0, 0.05) is 13.1 Å². The molecular weight excluding hydrogens is 239 g/mol. The molecule has 1 fully saturated rings. The SMILES string of the molecule is Cc1cc(N2CCCC2)c(F)cc1CCCN(C)C. The molecule has 0 radical (unpaired) electrons. The molecule has 1 aromatic rings. The van der Waals surface area contributed by atoms with Crippen molar-refractivity contribution in [3.63, 3.8) is 0 Å². The Morgan fingerprint density at radius 3 is 2.53 bits per heavy atom. The van der Waals surface area contributed by atoms with Gasteiger partial charge in [-0.25, -0.2) is 4.39 Å². The number of anilines is 1. The van der Waals surface area contributed by atoms with Crippen LogP contribution in [0.25, 0.3) is 0 Å². The van der Waals surface area contributed by atoms with Gasteiger partial charge in [0.25, 0.3) is 0 Å². The summed E-state index contributed by atoms with van der Waals surface area (Å²) in [6, 6.07) is 3.78. The summed E-state index contributed by atoms with van der Waals surface area (Å²) in [4.78, 5) is 4.34. The summed E-state index contributed by atoms with van der Waals surface area (Å²) in [7, 11) is 4.15. The van der Waals surface area contributed by atoms with Gasteiger partial charge in [-0.2, -0.15) is 0 Å². The van der Waals surface area contributed by atoms with E-state index in [4.69, 9.17) is 0 Å². The predicted octanol–water partition coefficient (Wildman–Crippen LogP) is 3.23. The molecule has 1 aromatic carbocycles. The molecule has 0 spiro atoms. The Morgan fingerprint density at radius 2 is 1.89 bits per heavy atom. The molecule has 0 amide bonds. The molecule has 106 valence electrons. The molecule has 0 aromatic heterocycles. The van der Waals surface area contributed by atoms with E-state index in [1.807, 2.05) is 6.07 Å². The topological polar surface area (TPSA) is 6.48 Å². The van der Waals surface area contributed by atoms with Crippen LogP contribution in [0.4, 0.5) is 10.1 Å². The predicted molar refractivity (Wildman–Crippen MR) is 79.5 cm³/mol. The number of halogens is 1. The van der Waals surface area contributed by atoms with Crippen LogP contribution in [0.5, 0.6) is 0 Å². The Hall–Kier alpha value is -1.09. The van der Waals surface area contributed by atoms with Crippen molar-refractivity contribution in [2.75, 3.05) is 38.6 Å². The van der Waals surface area contributed by atoms with Gasteiger partial charge in [-0.05, 0) is 76.5 Å². The fraction of sp³-hybridized carbons (Fsp3) is 0.625. The number of hydrogen-bond acceptors (Lipinski definition) is 2. The fourth-order valence-corrected chi connectivity index (χ4v) is 2.76. The zero-order valence-electron chi connectivity index (χ0n) is 12.4. The monoisotopic (exact) mass is 264 g/mol. The molecule has 1 aliphatic heterocycles. The van der Waals surface area contributed by atoms with Crippen molar-refractivity contribution in [1.29, 1.82) is 0 Å². The fourth-order valence-electron chi connectivity index (χ4n) is 2.76. The number of nitrogens with zero attached hydrogens (tertiary/aromatic N) is 2. The Bertz CT molecular complexity index is 423. The molecule has 0 unspecified atom stereocenters. The molecule has 0 saturated carbocycles. The van der Waals surface area contributed by atoms with Gasteiger partial charge in [-0.1, -0.05) is 0 Å². The van der Waals surface area contributed by atoms with Gasteiger partial charge in [0.15, 0.2) is 0 Å². The van der Waals surface area contributed by atoms with Crippen molar-refractivity contribution in [3.05, 3.63) is 29.1 Å². The van der Waals surface area contributed by atoms with Gasteiger partial charge < -0.3 is 9.80 Å². The van der Waals surface area contributed by atoms with E-state index in [0.717, 1.165) is 43.7 Å². The first-order valence-corrected chi connectivity index (χ1v) is 7.26. The van der Waals surface area contributed by atoms with Gasteiger partial charge in [-0.15, -0.1) is 0 Å². The van der Waals surface area contributed by atoms with Crippen LogP contribution in [0.15, 0.2) is 12.1 Å². The molecule has 1 saturated heterocycles. The van der Waals surface area contributed by atoms with Crippen molar-refractivity contribution < 1.29 is 4.39 Å². The van der Waals surface area contributed by atoms with Crippen LogP contribution in [-0.2, 0) is 6.42 Å². The van der Waals surface area contributed by atoms with Crippen molar-refractivity contribution in [2.24, 2.45) is 0 Å². The highest BCUT2D eigenvalue weighted by Crippen LogP contribution is 2.27. The van der Waals surface area contributed by atoms with Crippen molar-refractivity contribution in [1.82, 2.24) is 4.90 Å².